The van der Waals surface area contributed by atoms with Crippen molar-refractivity contribution in [1.82, 2.24) is 16.0 Å². The highest BCUT2D eigenvalue weighted by atomic mass is 35.5. The van der Waals surface area contributed by atoms with Gasteiger partial charge in [0.05, 0.1) is 7.11 Å². The molecule has 0 aromatic heterocycles. The van der Waals surface area contributed by atoms with Gasteiger partial charge in [-0.2, -0.15) is 0 Å². The number of alkyl carbamates (subject to hydrolysis) is 1. The molecule has 0 spiro atoms. The lowest BCUT2D eigenvalue weighted by Crippen LogP contribution is -2.53. The first-order chi connectivity index (χ1) is 21.5. The second kappa shape index (κ2) is 15.8. The third kappa shape index (κ3) is 9.36. The van der Waals surface area contributed by atoms with Gasteiger partial charge in [0, 0.05) is 27.9 Å². The van der Waals surface area contributed by atoms with E-state index in [2.05, 4.69) is 16.0 Å². The summed E-state index contributed by atoms with van der Waals surface area (Å²) in [7, 11) is 1.24. The molecule has 1 unspecified atom stereocenters. The Morgan fingerprint density at radius 1 is 0.933 bits per heavy atom. The Labute approximate surface area is 275 Å². The fourth-order valence-electron chi connectivity index (χ4n) is 6.40. The molecule has 2 aromatic rings. The molecule has 3 N–H and O–H groups in total. The first kappa shape index (κ1) is 34.6. The number of carbonyl (C=O) groups is 4. The standard InChI is InChI=1S/C34H43Cl2N3O6/c1-34(2,24-12-8-14-26(36)20-24)29(22-11-7-13-25(35)18-22)45-33(43)39-27(17-21-9-5-4-6-10-21)31(41)38-28(32(42)44-3)19-23-15-16-37-30(23)40/h7-8,11-14,18,20-21,23,27-29H,4-6,9-10,15-17,19H2,1-3H3,(H,37,40)(H,38,41)(H,39,43)/t23-,27-,28-,29?/m0/s1. The van der Waals surface area contributed by atoms with Gasteiger partial charge in [-0.3, -0.25) is 9.59 Å². The largest absolute Gasteiger partial charge is 0.467 e. The van der Waals surface area contributed by atoms with Gasteiger partial charge in [0.2, 0.25) is 11.8 Å². The van der Waals surface area contributed by atoms with Gasteiger partial charge in [0.1, 0.15) is 18.2 Å². The van der Waals surface area contributed by atoms with Crippen molar-refractivity contribution in [2.45, 2.75) is 88.8 Å². The molecule has 1 saturated carbocycles. The molecule has 2 fully saturated rings. The molecule has 3 amide bonds. The van der Waals surface area contributed by atoms with Crippen molar-refractivity contribution in [3.8, 4) is 0 Å². The summed E-state index contributed by atoms with van der Waals surface area (Å²) < 4.78 is 11.1. The van der Waals surface area contributed by atoms with Gasteiger partial charge >= 0.3 is 12.1 Å². The molecule has 244 valence electrons. The molecule has 1 aliphatic heterocycles. The highest BCUT2D eigenvalue weighted by molar-refractivity contribution is 6.31. The number of ether oxygens (including phenoxy) is 2. The fourth-order valence-corrected chi connectivity index (χ4v) is 6.79. The van der Waals surface area contributed by atoms with Gasteiger partial charge < -0.3 is 25.4 Å². The first-order valence-electron chi connectivity index (χ1n) is 15.6. The van der Waals surface area contributed by atoms with Crippen molar-refractivity contribution in [2.24, 2.45) is 11.8 Å². The number of methoxy groups -OCH3 is 1. The maximum absolute atomic E-state index is 13.8. The number of benzene rings is 2. The van der Waals surface area contributed by atoms with Crippen molar-refractivity contribution in [1.29, 1.82) is 0 Å². The maximum Gasteiger partial charge on any atom is 0.408 e. The zero-order chi connectivity index (χ0) is 32.6. The molecule has 1 saturated heterocycles. The molecular formula is C34H43Cl2N3O6. The molecule has 0 bridgehead atoms. The average Bonchev–Trinajstić information content (AvgIpc) is 3.43. The summed E-state index contributed by atoms with van der Waals surface area (Å²) in [4.78, 5) is 52.4. The molecule has 1 heterocycles. The Morgan fingerprint density at radius 3 is 2.24 bits per heavy atom. The van der Waals surface area contributed by atoms with E-state index >= 15 is 0 Å². The Balaban J connectivity index is 1.57. The topological polar surface area (TPSA) is 123 Å². The number of esters is 1. The lowest BCUT2D eigenvalue weighted by Gasteiger charge is -2.35. The predicted octanol–water partition coefficient (Wildman–Crippen LogP) is 6.26. The second-order valence-corrected chi connectivity index (χ2v) is 13.5. The third-order valence-corrected chi connectivity index (χ3v) is 9.46. The second-order valence-electron chi connectivity index (χ2n) is 12.6. The third-order valence-electron chi connectivity index (χ3n) is 8.99. The van der Waals surface area contributed by atoms with Crippen molar-refractivity contribution in [3.05, 3.63) is 69.7 Å². The molecule has 4 atom stereocenters. The van der Waals surface area contributed by atoms with Crippen LogP contribution in [0.5, 0.6) is 0 Å². The van der Waals surface area contributed by atoms with Crippen LogP contribution in [0.1, 0.15) is 82.4 Å². The number of carbonyl (C=O) groups excluding carboxylic acids is 4. The highest BCUT2D eigenvalue weighted by Crippen LogP contribution is 2.41. The summed E-state index contributed by atoms with van der Waals surface area (Å²) in [6.45, 7) is 4.41. The van der Waals surface area contributed by atoms with E-state index in [0.717, 1.165) is 37.7 Å². The van der Waals surface area contributed by atoms with Crippen LogP contribution in [0.3, 0.4) is 0 Å². The van der Waals surface area contributed by atoms with E-state index in [-0.39, 0.29) is 18.2 Å². The lowest BCUT2D eigenvalue weighted by molar-refractivity contribution is -0.146. The van der Waals surface area contributed by atoms with E-state index < -0.39 is 47.5 Å². The SMILES string of the molecule is COC(=O)[C@H](C[C@@H]1CCNC1=O)NC(=O)[C@H](CC1CCCCC1)NC(=O)OC(c1cccc(Cl)c1)C(C)(C)c1cccc(Cl)c1. The lowest BCUT2D eigenvalue weighted by atomic mass is 9.76. The Kier molecular flexibility index (Phi) is 12.1. The first-order valence-corrected chi connectivity index (χ1v) is 16.4. The quantitative estimate of drug-likeness (QED) is 0.231. The number of nitrogens with one attached hydrogen (secondary N) is 3. The van der Waals surface area contributed by atoms with Crippen LogP contribution in [0.15, 0.2) is 48.5 Å². The Morgan fingerprint density at radius 2 is 1.62 bits per heavy atom. The van der Waals surface area contributed by atoms with E-state index in [0.29, 0.717) is 35.0 Å². The smallest absolute Gasteiger partial charge is 0.408 e. The maximum atomic E-state index is 13.8. The van der Waals surface area contributed by atoms with Gasteiger partial charge in [-0.15, -0.1) is 0 Å². The van der Waals surface area contributed by atoms with Crippen LogP contribution in [0.2, 0.25) is 10.0 Å². The average molecular weight is 661 g/mol. The predicted molar refractivity (Wildman–Crippen MR) is 173 cm³/mol. The zero-order valence-electron chi connectivity index (χ0n) is 26.1. The molecule has 1 aliphatic carbocycles. The van der Waals surface area contributed by atoms with Gasteiger partial charge in [0.25, 0.3) is 0 Å². The van der Waals surface area contributed by atoms with Gasteiger partial charge in [-0.1, -0.05) is 93.4 Å². The summed E-state index contributed by atoms with van der Waals surface area (Å²) in [6.07, 6.45) is 4.60. The summed E-state index contributed by atoms with van der Waals surface area (Å²) in [6, 6.07) is 12.5. The van der Waals surface area contributed by atoms with E-state index in [9.17, 15) is 19.2 Å². The molecule has 0 radical (unpaired) electrons. The minimum Gasteiger partial charge on any atom is -0.467 e. The monoisotopic (exact) mass is 659 g/mol. The van der Waals surface area contributed by atoms with Crippen molar-refractivity contribution in [2.75, 3.05) is 13.7 Å². The Bertz CT molecular complexity index is 1360. The molecule has 45 heavy (non-hydrogen) atoms. The molecular weight excluding hydrogens is 617 g/mol. The number of hydrogen-bond acceptors (Lipinski definition) is 6. The minimum atomic E-state index is -1.04. The van der Waals surface area contributed by atoms with E-state index in [4.69, 9.17) is 32.7 Å². The van der Waals surface area contributed by atoms with Crippen molar-refractivity contribution >= 4 is 47.1 Å². The summed E-state index contributed by atoms with van der Waals surface area (Å²) in [5.74, 6) is -1.53. The minimum absolute atomic E-state index is 0.107. The fraction of sp³-hybridized carbons (Fsp3) is 0.529. The van der Waals surface area contributed by atoms with Crippen molar-refractivity contribution in [3.63, 3.8) is 0 Å². The molecule has 2 aliphatic rings. The van der Waals surface area contributed by atoms with Gasteiger partial charge in [0.15, 0.2) is 0 Å². The van der Waals surface area contributed by atoms with Crippen LogP contribution in [-0.2, 0) is 29.3 Å². The molecule has 9 nitrogen and oxygen atoms in total. The van der Waals surface area contributed by atoms with E-state index in [1.54, 1.807) is 24.3 Å². The van der Waals surface area contributed by atoms with Crippen LogP contribution in [0.4, 0.5) is 4.79 Å². The van der Waals surface area contributed by atoms with E-state index in [1.165, 1.54) is 7.11 Å². The van der Waals surface area contributed by atoms with Crippen LogP contribution in [0, 0.1) is 11.8 Å². The normalized spacial score (nSPS) is 19.1. The van der Waals surface area contributed by atoms with Crippen LogP contribution < -0.4 is 16.0 Å². The van der Waals surface area contributed by atoms with Crippen LogP contribution in [0.25, 0.3) is 0 Å². The van der Waals surface area contributed by atoms with Gasteiger partial charge in [-0.05, 0) is 60.6 Å². The summed E-state index contributed by atoms with van der Waals surface area (Å²) in [5, 5.41) is 9.38. The highest BCUT2D eigenvalue weighted by Gasteiger charge is 2.38. The summed E-state index contributed by atoms with van der Waals surface area (Å²) >= 11 is 12.7. The zero-order valence-corrected chi connectivity index (χ0v) is 27.6. The van der Waals surface area contributed by atoms with Gasteiger partial charge in [-0.25, -0.2) is 9.59 Å². The van der Waals surface area contributed by atoms with Crippen molar-refractivity contribution < 1.29 is 28.7 Å². The molecule has 11 heteroatoms. The number of halogens is 2. The van der Waals surface area contributed by atoms with Crippen LogP contribution in [-0.4, -0.2) is 49.6 Å². The molecule has 2 aromatic carbocycles. The van der Waals surface area contributed by atoms with E-state index in [1.807, 2.05) is 38.1 Å². The number of amides is 3. The number of rotatable bonds is 12. The Hall–Kier alpha value is -3.30. The molecule has 4 rings (SSSR count). The van der Waals surface area contributed by atoms with Crippen LogP contribution >= 0.6 is 23.2 Å². The summed E-state index contributed by atoms with van der Waals surface area (Å²) in [5.41, 5.74) is 0.781. The number of hydrogen-bond donors (Lipinski definition) is 3.